The Labute approximate surface area is 128 Å². The van der Waals surface area contributed by atoms with E-state index in [9.17, 15) is 14.4 Å². The Morgan fingerprint density at radius 1 is 1.14 bits per heavy atom. The van der Waals surface area contributed by atoms with Gasteiger partial charge in [-0.05, 0) is 30.9 Å². The largest absolute Gasteiger partial charge is 0.469 e. The number of amides is 2. The Kier molecular flexibility index (Phi) is 3.79. The number of carbonyl (C=O) groups is 3. The molecule has 0 spiro atoms. The van der Waals surface area contributed by atoms with Crippen LogP contribution in [-0.4, -0.2) is 36.3 Å². The molecular weight excluding hydrogens is 282 g/mol. The molecule has 0 bridgehead atoms. The van der Waals surface area contributed by atoms with Gasteiger partial charge in [0.25, 0.3) is 11.8 Å². The van der Waals surface area contributed by atoms with Crippen LogP contribution in [-0.2, 0) is 9.53 Å². The summed E-state index contributed by atoms with van der Waals surface area (Å²) in [4.78, 5) is 37.9. The highest BCUT2D eigenvalue weighted by Gasteiger charge is 2.39. The van der Waals surface area contributed by atoms with E-state index < -0.39 is 0 Å². The topological polar surface area (TPSA) is 63.7 Å². The molecule has 22 heavy (non-hydrogen) atoms. The summed E-state index contributed by atoms with van der Waals surface area (Å²) in [6.07, 6.45) is 5.18. The molecule has 2 aliphatic rings. The Hall–Kier alpha value is -2.43. The van der Waals surface area contributed by atoms with Gasteiger partial charge >= 0.3 is 5.97 Å². The molecule has 3 rings (SSSR count). The number of ether oxygens (including phenoxy) is 1. The van der Waals surface area contributed by atoms with Crippen molar-refractivity contribution in [3.8, 4) is 0 Å². The highest BCUT2D eigenvalue weighted by atomic mass is 16.5. The summed E-state index contributed by atoms with van der Waals surface area (Å²) in [7, 11) is 1.36. The highest BCUT2D eigenvalue weighted by molar-refractivity contribution is 6.21. The number of rotatable bonds is 3. The zero-order valence-electron chi connectivity index (χ0n) is 12.3. The molecule has 0 N–H and O–H groups in total. The fourth-order valence-electron chi connectivity index (χ4n) is 3.15. The van der Waals surface area contributed by atoms with Gasteiger partial charge in [-0.3, -0.25) is 19.3 Å². The van der Waals surface area contributed by atoms with Crippen molar-refractivity contribution in [2.45, 2.75) is 12.8 Å². The first-order valence-electron chi connectivity index (χ1n) is 7.31. The molecule has 114 valence electrons. The smallest absolute Gasteiger partial charge is 0.309 e. The lowest BCUT2D eigenvalue weighted by Crippen LogP contribution is -2.39. The third kappa shape index (κ3) is 2.32. The minimum Gasteiger partial charge on any atom is -0.469 e. The predicted molar refractivity (Wildman–Crippen MR) is 79.2 cm³/mol. The first-order valence-corrected chi connectivity index (χ1v) is 7.31. The van der Waals surface area contributed by atoms with Crippen molar-refractivity contribution < 1.29 is 19.1 Å². The van der Waals surface area contributed by atoms with Crippen molar-refractivity contribution in [1.29, 1.82) is 0 Å². The average Bonchev–Trinajstić information content (AvgIpc) is 2.80. The molecule has 2 unspecified atom stereocenters. The lowest BCUT2D eigenvalue weighted by molar-refractivity contribution is -0.147. The van der Waals surface area contributed by atoms with E-state index >= 15 is 0 Å². The van der Waals surface area contributed by atoms with Gasteiger partial charge < -0.3 is 4.74 Å². The first-order chi connectivity index (χ1) is 10.6. The summed E-state index contributed by atoms with van der Waals surface area (Å²) < 4.78 is 4.84. The minimum absolute atomic E-state index is 0.0975. The Balaban J connectivity index is 1.82. The zero-order chi connectivity index (χ0) is 15.7. The number of hydrogen-bond acceptors (Lipinski definition) is 4. The highest BCUT2D eigenvalue weighted by Crippen LogP contribution is 2.30. The van der Waals surface area contributed by atoms with E-state index in [1.54, 1.807) is 24.3 Å². The van der Waals surface area contributed by atoms with E-state index in [1.165, 1.54) is 12.0 Å². The normalized spacial score (nSPS) is 23.6. The average molecular weight is 299 g/mol. The van der Waals surface area contributed by atoms with Gasteiger partial charge in [0.1, 0.15) is 0 Å². The number of esters is 1. The van der Waals surface area contributed by atoms with Crippen molar-refractivity contribution >= 4 is 17.8 Å². The summed E-state index contributed by atoms with van der Waals surface area (Å²) in [5, 5.41) is 0. The molecule has 0 radical (unpaired) electrons. The van der Waals surface area contributed by atoms with Gasteiger partial charge in [0.15, 0.2) is 0 Å². The fourth-order valence-corrected chi connectivity index (χ4v) is 3.15. The lowest BCUT2D eigenvalue weighted by atomic mass is 9.82. The first kappa shape index (κ1) is 14.5. The van der Waals surface area contributed by atoms with E-state index in [4.69, 9.17) is 4.74 Å². The molecule has 0 saturated heterocycles. The van der Waals surface area contributed by atoms with Crippen LogP contribution in [0.25, 0.3) is 0 Å². The quantitative estimate of drug-likeness (QED) is 0.487. The van der Waals surface area contributed by atoms with Crippen LogP contribution >= 0.6 is 0 Å². The summed E-state index contributed by atoms with van der Waals surface area (Å²) in [6, 6.07) is 6.81. The van der Waals surface area contributed by atoms with Crippen LogP contribution in [0.15, 0.2) is 36.4 Å². The number of nitrogens with zero attached hydrogens (tertiary/aromatic N) is 1. The summed E-state index contributed by atoms with van der Waals surface area (Å²) >= 11 is 0. The molecule has 5 heteroatoms. The molecule has 1 heterocycles. The van der Waals surface area contributed by atoms with Crippen LogP contribution in [0.3, 0.4) is 0 Å². The van der Waals surface area contributed by atoms with Gasteiger partial charge in [-0.1, -0.05) is 24.3 Å². The van der Waals surface area contributed by atoms with Gasteiger partial charge in [-0.2, -0.15) is 0 Å². The maximum Gasteiger partial charge on any atom is 0.309 e. The van der Waals surface area contributed by atoms with E-state index in [0.717, 1.165) is 0 Å². The number of imide groups is 1. The Morgan fingerprint density at radius 3 is 2.32 bits per heavy atom. The summed E-state index contributed by atoms with van der Waals surface area (Å²) in [5.74, 6) is -1.25. The third-order valence-corrected chi connectivity index (χ3v) is 4.36. The van der Waals surface area contributed by atoms with Crippen molar-refractivity contribution in [3.05, 3.63) is 47.5 Å². The summed E-state index contributed by atoms with van der Waals surface area (Å²) in [6.45, 7) is 0.246. The third-order valence-electron chi connectivity index (χ3n) is 4.36. The lowest BCUT2D eigenvalue weighted by Gasteiger charge is -2.29. The molecule has 5 nitrogen and oxygen atoms in total. The molecule has 1 aliphatic carbocycles. The van der Waals surface area contributed by atoms with Crippen LogP contribution in [0.4, 0.5) is 0 Å². The second-order valence-corrected chi connectivity index (χ2v) is 5.60. The zero-order valence-corrected chi connectivity index (χ0v) is 12.3. The molecule has 2 amide bonds. The number of fused-ring (bicyclic) bond motifs is 1. The fraction of sp³-hybridized carbons (Fsp3) is 0.353. The van der Waals surface area contributed by atoms with Crippen molar-refractivity contribution in [2.75, 3.05) is 13.7 Å². The number of methoxy groups -OCH3 is 1. The van der Waals surface area contributed by atoms with Gasteiger partial charge in [0.2, 0.25) is 0 Å². The monoisotopic (exact) mass is 299 g/mol. The van der Waals surface area contributed by atoms with E-state index in [2.05, 4.69) is 0 Å². The molecule has 1 aliphatic heterocycles. The van der Waals surface area contributed by atoms with Crippen LogP contribution in [0.2, 0.25) is 0 Å². The number of allylic oxidation sites excluding steroid dienone is 2. The summed E-state index contributed by atoms with van der Waals surface area (Å²) in [5.41, 5.74) is 0.877. The molecule has 1 aromatic rings. The van der Waals surface area contributed by atoms with Crippen LogP contribution < -0.4 is 0 Å². The molecule has 0 aromatic heterocycles. The predicted octanol–water partition coefficient (Wildman–Crippen LogP) is 2.04. The Bertz CT molecular complexity index is 629. The Morgan fingerprint density at radius 2 is 1.73 bits per heavy atom. The molecule has 1 aromatic carbocycles. The van der Waals surface area contributed by atoms with Gasteiger partial charge in [0, 0.05) is 6.54 Å². The van der Waals surface area contributed by atoms with Crippen molar-refractivity contribution in [1.82, 2.24) is 4.90 Å². The number of benzene rings is 1. The van der Waals surface area contributed by atoms with E-state index in [0.29, 0.717) is 24.0 Å². The van der Waals surface area contributed by atoms with Crippen LogP contribution in [0, 0.1) is 11.8 Å². The van der Waals surface area contributed by atoms with Crippen molar-refractivity contribution in [3.63, 3.8) is 0 Å². The van der Waals surface area contributed by atoms with E-state index in [1.807, 2.05) is 12.2 Å². The van der Waals surface area contributed by atoms with Crippen LogP contribution in [0.5, 0.6) is 0 Å². The molecule has 2 atom stereocenters. The van der Waals surface area contributed by atoms with Gasteiger partial charge in [-0.25, -0.2) is 0 Å². The van der Waals surface area contributed by atoms with E-state index in [-0.39, 0.29) is 36.2 Å². The molecular formula is C17H17NO4. The number of hydrogen-bond donors (Lipinski definition) is 0. The van der Waals surface area contributed by atoms with Gasteiger partial charge in [0.05, 0.1) is 24.2 Å². The van der Waals surface area contributed by atoms with Crippen molar-refractivity contribution in [2.24, 2.45) is 11.8 Å². The second-order valence-electron chi connectivity index (χ2n) is 5.60. The maximum absolute atomic E-state index is 12.4. The second kappa shape index (κ2) is 5.75. The SMILES string of the molecule is COC(=O)C1CC=CCC1CN1C(=O)c2ccccc2C1=O. The minimum atomic E-state index is -0.306. The standard InChI is InChI=1S/C17H17NO4/c1-22-17(21)12-7-3-2-6-11(12)10-18-15(19)13-8-4-5-9-14(13)16(18)20/h2-5,8-9,11-12H,6-7,10H2,1H3. The van der Waals surface area contributed by atoms with Gasteiger partial charge in [-0.15, -0.1) is 0 Å². The maximum atomic E-state index is 12.4. The van der Waals surface area contributed by atoms with Crippen LogP contribution in [0.1, 0.15) is 33.6 Å². The molecule has 0 fully saturated rings. The molecule has 0 saturated carbocycles. The number of carbonyl (C=O) groups excluding carboxylic acids is 3.